The van der Waals surface area contributed by atoms with Crippen molar-refractivity contribution < 1.29 is 24.0 Å². The van der Waals surface area contributed by atoms with Crippen LogP contribution >= 0.6 is 0 Å². The Kier molecular flexibility index (Phi) is 10.1. The third-order valence-electron chi connectivity index (χ3n) is 6.62. The van der Waals surface area contributed by atoms with E-state index in [9.17, 15) is 19.7 Å². The third kappa shape index (κ3) is 9.49. The van der Waals surface area contributed by atoms with E-state index in [-0.39, 0.29) is 17.8 Å². The molecule has 0 unspecified atom stereocenters. The van der Waals surface area contributed by atoms with Crippen molar-refractivity contribution >= 4 is 17.7 Å². The number of rotatable bonds is 9. The van der Waals surface area contributed by atoms with Gasteiger partial charge >= 0.3 is 12.1 Å². The normalized spacial score (nSPS) is 22.2. The monoisotopic (exact) mass is 490 g/mol. The number of nitrogens with zero attached hydrogens (tertiary/aromatic N) is 1. The molecule has 8 heteroatoms. The zero-order valence-electron chi connectivity index (χ0n) is 22.2. The van der Waals surface area contributed by atoms with E-state index in [2.05, 4.69) is 26.1 Å². The lowest BCUT2D eigenvalue weighted by atomic mass is 9.75. The van der Waals surface area contributed by atoms with Crippen molar-refractivity contribution in [1.82, 2.24) is 5.32 Å². The van der Waals surface area contributed by atoms with E-state index < -0.39 is 28.6 Å². The second-order valence-corrected chi connectivity index (χ2v) is 11.4. The molecule has 0 aliphatic heterocycles. The molecule has 1 aliphatic carbocycles. The molecule has 1 saturated carbocycles. The number of benzene rings is 1. The van der Waals surface area contributed by atoms with Gasteiger partial charge in [-0.2, -0.15) is 0 Å². The SMILES string of the molecule is CC(C)[C@@H]1CC[C@@H](C)C[C@H]1OC(=O)[C@@H](C)C[C@H](Cc1ccc([N+](=O)[O-])cc1)NC(=O)OC(C)(C)C. The number of hydrogen-bond donors (Lipinski definition) is 1. The lowest BCUT2D eigenvalue weighted by Gasteiger charge is -2.37. The van der Waals surface area contributed by atoms with Crippen LogP contribution in [-0.2, 0) is 20.7 Å². The van der Waals surface area contributed by atoms with Crippen LogP contribution < -0.4 is 5.32 Å². The minimum Gasteiger partial charge on any atom is -0.462 e. The topological polar surface area (TPSA) is 108 Å². The molecule has 5 atom stereocenters. The second-order valence-electron chi connectivity index (χ2n) is 11.4. The number of carbonyl (C=O) groups is 2. The minimum atomic E-state index is -0.657. The Labute approximate surface area is 209 Å². The summed E-state index contributed by atoms with van der Waals surface area (Å²) in [6.45, 7) is 13.7. The highest BCUT2D eigenvalue weighted by molar-refractivity contribution is 5.73. The highest BCUT2D eigenvalue weighted by atomic mass is 16.6. The number of nitrogens with one attached hydrogen (secondary N) is 1. The molecule has 1 aromatic carbocycles. The van der Waals surface area contributed by atoms with Crippen LogP contribution in [-0.4, -0.2) is 34.7 Å². The van der Waals surface area contributed by atoms with Crippen molar-refractivity contribution in [3.63, 3.8) is 0 Å². The van der Waals surface area contributed by atoms with E-state index in [0.29, 0.717) is 30.6 Å². The summed E-state index contributed by atoms with van der Waals surface area (Å²) in [5.41, 5.74) is 0.165. The first-order chi connectivity index (χ1) is 16.2. The lowest BCUT2D eigenvalue weighted by molar-refractivity contribution is -0.384. The summed E-state index contributed by atoms with van der Waals surface area (Å²) >= 11 is 0. The van der Waals surface area contributed by atoms with Gasteiger partial charge in [0.05, 0.1) is 10.8 Å². The Hall–Kier alpha value is -2.64. The number of ether oxygens (including phenoxy) is 2. The Morgan fingerprint density at radius 1 is 1.14 bits per heavy atom. The minimum absolute atomic E-state index is 0.00349. The van der Waals surface area contributed by atoms with Gasteiger partial charge in [0, 0.05) is 18.2 Å². The smallest absolute Gasteiger partial charge is 0.407 e. The Morgan fingerprint density at radius 3 is 2.31 bits per heavy atom. The van der Waals surface area contributed by atoms with Gasteiger partial charge in [-0.1, -0.05) is 46.2 Å². The van der Waals surface area contributed by atoms with Crippen LogP contribution in [0.15, 0.2) is 24.3 Å². The van der Waals surface area contributed by atoms with Crippen LogP contribution in [0, 0.1) is 33.8 Å². The van der Waals surface area contributed by atoms with Gasteiger partial charge in [0.1, 0.15) is 11.7 Å². The predicted molar refractivity (Wildman–Crippen MR) is 135 cm³/mol. The van der Waals surface area contributed by atoms with E-state index in [0.717, 1.165) is 24.8 Å². The highest BCUT2D eigenvalue weighted by Gasteiger charge is 2.35. The second kappa shape index (κ2) is 12.4. The number of non-ortho nitro benzene ring substituents is 1. The zero-order chi connectivity index (χ0) is 26.3. The Balaban J connectivity index is 2.10. The van der Waals surface area contributed by atoms with Crippen LogP contribution in [0.25, 0.3) is 0 Å². The first-order valence-electron chi connectivity index (χ1n) is 12.7. The van der Waals surface area contributed by atoms with Gasteiger partial charge in [-0.15, -0.1) is 0 Å². The summed E-state index contributed by atoms with van der Waals surface area (Å²) in [5, 5.41) is 13.8. The average Bonchev–Trinajstić information content (AvgIpc) is 2.72. The molecule has 1 fully saturated rings. The summed E-state index contributed by atoms with van der Waals surface area (Å²) in [7, 11) is 0. The van der Waals surface area contributed by atoms with Gasteiger partial charge < -0.3 is 14.8 Å². The fraction of sp³-hybridized carbons (Fsp3) is 0.704. The maximum atomic E-state index is 13.1. The quantitative estimate of drug-likeness (QED) is 0.256. The number of amides is 1. The molecule has 0 spiro atoms. The summed E-state index contributed by atoms with van der Waals surface area (Å²) < 4.78 is 11.4. The van der Waals surface area contributed by atoms with E-state index in [1.54, 1.807) is 32.9 Å². The first kappa shape index (κ1) is 28.6. The van der Waals surface area contributed by atoms with Gasteiger partial charge in [0.25, 0.3) is 5.69 Å². The van der Waals surface area contributed by atoms with Gasteiger partial charge in [0.2, 0.25) is 0 Å². The molecule has 0 aromatic heterocycles. The maximum Gasteiger partial charge on any atom is 0.407 e. The van der Waals surface area contributed by atoms with Crippen LogP contribution in [0.4, 0.5) is 10.5 Å². The number of esters is 1. The molecule has 0 bridgehead atoms. The van der Waals surface area contributed by atoms with Gasteiger partial charge in [-0.3, -0.25) is 14.9 Å². The van der Waals surface area contributed by atoms with Gasteiger partial charge in [-0.25, -0.2) is 4.79 Å². The van der Waals surface area contributed by atoms with E-state index in [1.165, 1.54) is 12.1 Å². The number of alkyl carbamates (subject to hydrolysis) is 1. The molecular formula is C27H42N2O6. The van der Waals surface area contributed by atoms with Crippen LogP contribution in [0.1, 0.15) is 79.7 Å². The molecule has 1 aromatic rings. The fourth-order valence-electron chi connectivity index (χ4n) is 4.74. The zero-order valence-corrected chi connectivity index (χ0v) is 22.2. The third-order valence-corrected chi connectivity index (χ3v) is 6.62. The molecule has 35 heavy (non-hydrogen) atoms. The van der Waals surface area contributed by atoms with Crippen molar-refractivity contribution in [3.05, 3.63) is 39.9 Å². The summed E-state index contributed by atoms with van der Waals surface area (Å²) in [4.78, 5) is 36.1. The first-order valence-corrected chi connectivity index (χ1v) is 12.7. The maximum absolute atomic E-state index is 13.1. The predicted octanol–water partition coefficient (Wildman–Crippen LogP) is 6.06. The summed E-state index contributed by atoms with van der Waals surface area (Å²) in [5.74, 6) is 0.645. The lowest BCUT2D eigenvalue weighted by Crippen LogP contribution is -2.42. The molecule has 0 heterocycles. The van der Waals surface area contributed by atoms with Crippen molar-refractivity contribution in [1.29, 1.82) is 0 Å². The van der Waals surface area contributed by atoms with Gasteiger partial charge in [0.15, 0.2) is 0 Å². The molecule has 2 rings (SSSR count). The molecule has 196 valence electrons. The fourth-order valence-corrected chi connectivity index (χ4v) is 4.74. The van der Waals surface area contributed by atoms with E-state index in [4.69, 9.17) is 9.47 Å². The van der Waals surface area contributed by atoms with Crippen LogP contribution in [0.2, 0.25) is 0 Å². The molecular weight excluding hydrogens is 448 g/mol. The molecule has 0 radical (unpaired) electrons. The Morgan fingerprint density at radius 2 is 1.77 bits per heavy atom. The molecule has 1 N–H and O–H groups in total. The molecule has 8 nitrogen and oxygen atoms in total. The standard InChI is InChI=1S/C27H42N2O6/c1-17(2)23-13-8-18(3)14-24(23)34-25(30)19(4)15-21(28-26(31)35-27(5,6)7)16-20-9-11-22(12-10-20)29(32)33/h9-12,17-19,21,23-24H,8,13-16H2,1-7H3,(H,28,31)/t18-,19+,21-,23+,24-/m1/s1. The highest BCUT2D eigenvalue weighted by Crippen LogP contribution is 2.36. The number of hydrogen-bond acceptors (Lipinski definition) is 6. The van der Waals surface area contributed by atoms with E-state index >= 15 is 0 Å². The van der Waals surface area contributed by atoms with Crippen molar-refractivity contribution in [2.45, 2.75) is 98.3 Å². The average molecular weight is 491 g/mol. The summed E-state index contributed by atoms with van der Waals surface area (Å²) in [6.07, 6.45) is 3.22. The largest absolute Gasteiger partial charge is 0.462 e. The van der Waals surface area contributed by atoms with Crippen LogP contribution in [0.5, 0.6) is 0 Å². The molecule has 1 aliphatic rings. The Bertz CT molecular complexity index is 861. The van der Waals surface area contributed by atoms with Crippen molar-refractivity contribution in [2.24, 2.45) is 23.7 Å². The van der Waals surface area contributed by atoms with Gasteiger partial charge in [-0.05, 0) is 69.8 Å². The molecule has 1 amide bonds. The number of nitro groups is 1. The number of nitro benzene ring substituents is 1. The van der Waals surface area contributed by atoms with Crippen LogP contribution in [0.3, 0.4) is 0 Å². The van der Waals surface area contributed by atoms with Crippen molar-refractivity contribution in [3.8, 4) is 0 Å². The number of carbonyl (C=O) groups excluding carboxylic acids is 2. The van der Waals surface area contributed by atoms with Crippen molar-refractivity contribution in [2.75, 3.05) is 0 Å². The molecule has 0 saturated heterocycles. The van der Waals surface area contributed by atoms with E-state index in [1.807, 2.05) is 6.92 Å². The summed E-state index contributed by atoms with van der Waals surface area (Å²) in [6, 6.07) is 5.81.